The van der Waals surface area contributed by atoms with E-state index in [1.807, 2.05) is 13.0 Å². The van der Waals surface area contributed by atoms with E-state index in [2.05, 4.69) is 10.3 Å². The Bertz CT molecular complexity index is 641. The summed E-state index contributed by atoms with van der Waals surface area (Å²) in [7, 11) is 1.77. The van der Waals surface area contributed by atoms with Crippen LogP contribution in [0.3, 0.4) is 0 Å². The zero-order chi connectivity index (χ0) is 14.0. The van der Waals surface area contributed by atoms with Crippen molar-refractivity contribution in [1.29, 1.82) is 0 Å². The Balaban J connectivity index is 2.68. The quantitative estimate of drug-likeness (QED) is 0.874. The van der Waals surface area contributed by atoms with Crippen LogP contribution in [0.5, 0.6) is 0 Å². The summed E-state index contributed by atoms with van der Waals surface area (Å²) in [5.41, 5.74) is 2.82. The standard InChI is InChI=1S/C14H15ClN2O2/c1-4-19-14(18)10-7-17-12-6-11(15)8(2)5-9(12)13(10)16-3/h5-7H,4H2,1-3H3,(H,16,17). The highest BCUT2D eigenvalue weighted by Crippen LogP contribution is 2.30. The molecule has 1 N–H and O–H groups in total. The molecular formula is C14H15ClN2O2. The molecule has 0 fully saturated rings. The smallest absolute Gasteiger partial charge is 0.341 e. The average molecular weight is 279 g/mol. The molecule has 0 aliphatic heterocycles. The van der Waals surface area contributed by atoms with E-state index in [9.17, 15) is 4.79 Å². The lowest BCUT2D eigenvalue weighted by atomic mass is 10.1. The number of rotatable bonds is 3. The summed E-state index contributed by atoms with van der Waals surface area (Å²) in [6.45, 7) is 4.02. The summed E-state index contributed by atoms with van der Waals surface area (Å²) in [4.78, 5) is 16.2. The fourth-order valence-electron chi connectivity index (χ4n) is 1.95. The van der Waals surface area contributed by atoms with Gasteiger partial charge in [0, 0.05) is 23.7 Å². The largest absolute Gasteiger partial charge is 0.462 e. The molecule has 0 amide bonds. The first-order valence-electron chi connectivity index (χ1n) is 6.02. The molecule has 4 nitrogen and oxygen atoms in total. The third-order valence-electron chi connectivity index (χ3n) is 2.89. The van der Waals surface area contributed by atoms with Gasteiger partial charge in [-0.1, -0.05) is 11.6 Å². The fraction of sp³-hybridized carbons (Fsp3) is 0.286. The van der Waals surface area contributed by atoms with Crippen LogP contribution in [0.4, 0.5) is 5.69 Å². The van der Waals surface area contributed by atoms with Crippen molar-refractivity contribution in [3.8, 4) is 0 Å². The maximum Gasteiger partial charge on any atom is 0.341 e. The first-order chi connectivity index (χ1) is 9.08. The van der Waals surface area contributed by atoms with Gasteiger partial charge >= 0.3 is 5.97 Å². The predicted octanol–water partition coefficient (Wildman–Crippen LogP) is 3.42. The van der Waals surface area contributed by atoms with Gasteiger partial charge in [0.05, 0.1) is 17.8 Å². The van der Waals surface area contributed by atoms with Crippen molar-refractivity contribution in [3.05, 3.63) is 34.5 Å². The van der Waals surface area contributed by atoms with E-state index in [1.54, 1.807) is 20.0 Å². The molecule has 0 saturated carbocycles. The number of aryl methyl sites for hydroxylation is 1. The molecule has 100 valence electrons. The second-order valence-corrected chi connectivity index (χ2v) is 4.54. The lowest BCUT2D eigenvalue weighted by Gasteiger charge is -2.12. The van der Waals surface area contributed by atoms with Crippen molar-refractivity contribution >= 4 is 34.2 Å². The highest BCUT2D eigenvalue weighted by molar-refractivity contribution is 6.32. The van der Waals surface area contributed by atoms with Crippen LogP contribution in [-0.4, -0.2) is 24.6 Å². The van der Waals surface area contributed by atoms with E-state index in [4.69, 9.17) is 16.3 Å². The van der Waals surface area contributed by atoms with Crippen molar-refractivity contribution in [1.82, 2.24) is 4.98 Å². The van der Waals surface area contributed by atoms with Gasteiger partial charge in [-0.15, -0.1) is 0 Å². The van der Waals surface area contributed by atoms with Crippen molar-refractivity contribution in [2.24, 2.45) is 0 Å². The van der Waals surface area contributed by atoms with Crippen molar-refractivity contribution in [3.63, 3.8) is 0 Å². The third kappa shape index (κ3) is 2.49. The van der Waals surface area contributed by atoms with E-state index < -0.39 is 0 Å². The van der Waals surface area contributed by atoms with Crippen molar-refractivity contribution in [2.45, 2.75) is 13.8 Å². The van der Waals surface area contributed by atoms with E-state index in [-0.39, 0.29) is 5.97 Å². The normalized spacial score (nSPS) is 10.5. The van der Waals surface area contributed by atoms with Gasteiger partial charge < -0.3 is 10.1 Å². The summed E-state index contributed by atoms with van der Waals surface area (Å²) in [6, 6.07) is 3.71. The third-order valence-corrected chi connectivity index (χ3v) is 3.30. The predicted molar refractivity (Wildman–Crippen MR) is 77.0 cm³/mol. The van der Waals surface area contributed by atoms with E-state index in [0.717, 1.165) is 16.5 Å². The molecule has 0 aliphatic rings. The van der Waals surface area contributed by atoms with Gasteiger partial charge in [-0.05, 0) is 31.5 Å². The van der Waals surface area contributed by atoms with Crippen LogP contribution in [0.25, 0.3) is 10.9 Å². The molecule has 2 rings (SSSR count). The molecule has 1 aromatic carbocycles. The number of nitrogens with one attached hydrogen (secondary N) is 1. The van der Waals surface area contributed by atoms with Gasteiger partial charge in [0.1, 0.15) is 5.56 Å². The molecule has 2 aromatic rings. The number of carbonyl (C=O) groups excluding carboxylic acids is 1. The van der Waals surface area contributed by atoms with Crippen LogP contribution in [0, 0.1) is 6.92 Å². The lowest BCUT2D eigenvalue weighted by Crippen LogP contribution is -2.09. The first-order valence-corrected chi connectivity index (χ1v) is 6.40. The van der Waals surface area contributed by atoms with Gasteiger partial charge in [0.2, 0.25) is 0 Å². The molecule has 0 unspecified atom stereocenters. The van der Waals surface area contributed by atoms with Crippen LogP contribution in [-0.2, 0) is 4.74 Å². The second kappa shape index (κ2) is 5.45. The molecule has 1 heterocycles. The zero-order valence-corrected chi connectivity index (χ0v) is 11.8. The Labute approximate surface area is 116 Å². The summed E-state index contributed by atoms with van der Waals surface area (Å²) < 4.78 is 5.03. The topological polar surface area (TPSA) is 51.2 Å². The Hall–Kier alpha value is -1.81. The minimum atomic E-state index is -0.381. The fourth-order valence-corrected chi connectivity index (χ4v) is 2.11. The number of hydrogen-bond acceptors (Lipinski definition) is 4. The molecule has 0 bridgehead atoms. The second-order valence-electron chi connectivity index (χ2n) is 4.14. The van der Waals surface area contributed by atoms with Crippen molar-refractivity contribution < 1.29 is 9.53 Å². The Morgan fingerprint density at radius 1 is 1.47 bits per heavy atom. The van der Waals surface area contributed by atoms with Crippen LogP contribution >= 0.6 is 11.6 Å². The number of benzene rings is 1. The number of aromatic nitrogens is 1. The van der Waals surface area contributed by atoms with Crippen LogP contribution in [0.15, 0.2) is 18.3 Å². The molecule has 5 heteroatoms. The number of nitrogens with zero attached hydrogens (tertiary/aromatic N) is 1. The molecular weight excluding hydrogens is 264 g/mol. The number of anilines is 1. The minimum absolute atomic E-state index is 0.333. The van der Waals surface area contributed by atoms with Gasteiger partial charge in [-0.25, -0.2) is 4.79 Å². The maximum absolute atomic E-state index is 11.9. The summed E-state index contributed by atoms with van der Waals surface area (Å²) >= 11 is 6.08. The van der Waals surface area contributed by atoms with Crippen LogP contribution in [0.2, 0.25) is 5.02 Å². The van der Waals surface area contributed by atoms with Crippen LogP contribution < -0.4 is 5.32 Å². The van der Waals surface area contributed by atoms with Crippen LogP contribution in [0.1, 0.15) is 22.8 Å². The summed E-state index contributed by atoms with van der Waals surface area (Å²) in [6.07, 6.45) is 1.51. The number of hydrogen-bond donors (Lipinski definition) is 1. The highest BCUT2D eigenvalue weighted by atomic mass is 35.5. The Morgan fingerprint density at radius 2 is 2.21 bits per heavy atom. The van der Waals surface area contributed by atoms with Gasteiger partial charge in [0.15, 0.2) is 0 Å². The lowest BCUT2D eigenvalue weighted by molar-refractivity contribution is 0.0527. The molecule has 0 aliphatic carbocycles. The number of fused-ring (bicyclic) bond motifs is 1. The SMILES string of the molecule is CCOC(=O)c1cnc2cc(Cl)c(C)cc2c1NC. The number of esters is 1. The molecule has 0 saturated heterocycles. The zero-order valence-electron chi connectivity index (χ0n) is 11.1. The summed E-state index contributed by atoms with van der Waals surface area (Å²) in [5.74, 6) is -0.381. The number of halogens is 1. The average Bonchev–Trinajstić information content (AvgIpc) is 2.39. The number of ether oxygens (including phenoxy) is 1. The highest BCUT2D eigenvalue weighted by Gasteiger charge is 2.16. The van der Waals surface area contributed by atoms with E-state index in [1.165, 1.54) is 6.20 Å². The monoisotopic (exact) mass is 278 g/mol. The van der Waals surface area contributed by atoms with Gasteiger partial charge in [0.25, 0.3) is 0 Å². The van der Waals surface area contributed by atoms with E-state index >= 15 is 0 Å². The molecule has 0 radical (unpaired) electrons. The maximum atomic E-state index is 11.9. The molecule has 19 heavy (non-hydrogen) atoms. The Morgan fingerprint density at radius 3 is 2.84 bits per heavy atom. The molecule has 0 spiro atoms. The van der Waals surface area contributed by atoms with E-state index in [0.29, 0.717) is 22.9 Å². The van der Waals surface area contributed by atoms with Crippen molar-refractivity contribution in [2.75, 3.05) is 19.0 Å². The van der Waals surface area contributed by atoms with Gasteiger partial charge in [-0.3, -0.25) is 4.98 Å². The molecule has 0 atom stereocenters. The number of carbonyl (C=O) groups is 1. The number of pyridine rings is 1. The Kier molecular flexibility index (Phi) is 3.90. The first kappa shape index (κ1) is 13.6. The summed E-state index contributed by atoms with van der Waals surface area (Å²) in [5, 5.41) is 4.56. The van der Waals surface area contributed by atoms with Gasteiger partial charge in [-0.2, -0.15) is 0 Å². The molecule has 1 aromatic heterocycles. The minimum Gasteiger partial charge on any atom is -0.462 e.